The van der Waals surface area contributed by atoms with Crippen LogP contribution < -0.4 is 4.90 Å². The minimum absolute atomic E-state index is 0.416. The molecule has 18 heavy (non-hydrogen) atoms. The van der Waals surface area contributed by atoms with Crippen molar-refractivity contribution in [2.75, 3.05) is 17.7 Å². The number of thioether (sulfide) groups is 1. The van der Waals surface area contributed by atoms with Crippen LogP contribution in [0, 0.1) is 17.2 Å². The molecule has 1 aromatic carbocycles. The van der Waals surface area contributed by atoms with Crippen molar-refractivity contribution in [1.82, 2.24) is 0 Å². The molecule has 98 valence electrons. The van der Waals surface area contributed by atoms with Gasteiger partial charge in [-0.1, -0.05) is 26.8 Å². The normalized spacial score (nSPS) is 12.3. The van der Waals surface area contributed by atoms with Gasteiger partial charge in [0.2, 0.25) is 0 Å². The molecule has 2 nitrogen and oxygen atoms in total. The van der Waals surface area contributed by atoms with E-state index in [4.69, 9.17) is 0 Å². The molecule has 0 saturated heterocycles. The minimum Gasteiger partial charge on any atom is -0.371 e. The third-order valence-electron chi connectivity index (χ3n) is 3.37. The molecule has 1 rings (SSSR count). The second-order valence-corrected chi connectivity index (χ2v) is 6.10. The SMILES string of the molecule is CCSc1cccc(N(C)C(C)C(C)C)c1C#N. The number of anilines is 1. The first kappa shape index (κ1) is 14.9. The Balaban J connectivity index is 3.16. The fraction of sp³-hybridized carbons (Fsp3) is 0.533. The largest absolute Gasteiger partial charge is 0.371 e. The molecule has 0 fully saturated rings. The summed E-state index contributed by atoms with van der Waals surface area (Å²) in [5.74, 6) is 1.55. The number of hydrogen-bond donors (Lipinski definition) is 0. The first-order chi connectivity index (χ1) is 8.52. The lowest BCUT2D eigenvalue weighted by Gasteiger charge is -2.31. The lowest BCUT2D eigenvalue weighted by atomic mass is 10.0. The van der Waals surface area contributed by atoms with Crippen molar-refractivity contribution in [2.45, 2.75) is 38.6 Å². The maximum atomic E-state index is 9.41. The molecular formula is C15H22N2S. The van der Waals surface area contributed by atoms with E-state index in [0.29, 0.717) is 12.0 Å². The molecule has 0 spiro atoms. The Kier molecular flexibility index (Phi) is 5.55. The zero-order valence-corrected chi connectivity index (χ0v) is 12.7. The van der Waals surface area contributed by atoms with Gasteiger partial charge in [0.25, 0.3) is 0 Å². The van der Waals surface area contributed by atoms with Gasteiger partial charge in [0.05, 0.1) is 11.3 Å². The van der Waals surface area contributed by atoms with Gasteiger partial charge in [-0.15, -0.1) is 11.8 Å². The molecule has 0 amide bonds. The summed E-state index contributed by atoms with van der Waals surface area (Å²) in [6, 6.07) is 8.89. The van der Waals surface area contributed by atoms with Gasteiger partial charge < -0.3 is 4.90 Å². The molecule has 0 radical (unpaired) electrons. The Bertz CT molecular complexity index is 435. The Morgan fingerprint density at radius 1 is 1.33 bits per heavy atom. The molecule has 3 heteroatoms. The van der Waals surface area contributed by atoms with Crippen molar-refractivity contribution < 1.29 is 0 Å². The second-order valence-electron chi connectivity index (χ2n) is 4.79. The van der Waals surface area contributed by atoms with Gasteiger partial charge in [-0.05, 0) is 30.7 Å². The lowest BCUT2D eigenvalue weighted by Crippen LogP contribution is -2.33. The van der Waals surface area contributed by atoms with Crippen LogP contribution in [0.1, 0.15) is 33.3 Å². The Morgan fingerprint density at radius 2 is 2.00 bits per heavy atom. The van der Waals surface area contributed by atoms with Gasteiger partial charge >= 0.3 is 0 Å². The van der Waals surface area contributed by atoms with Crippen LogP contribution in [0.25, 0.3) is 0 Å². The standard InChI is InChI=1S/C15H22N2S/c1-6-18-15-9-7-8-14(13(15)10-16)17(5)12(4)11(2)3/h7-9,11-12H,6H2,1-5H3. The van der Waals surface area contributed by atoms with Gasteiger partial charge in [0.1, 0.15) is 6.07 Å². The van der Waals surface area contributed by atoms with E-state index in [9.17, 15) is 5.26 Å². The molecule has 1 aromatic rings. The predicted octanol–water partition coefficient (Wildman–Crippen LogP) is 4.15. The van der Waals surface area contributed by atoms with Gasteiger partial charge in [0.15, 0.2) is 0 Å². The molecule has 0 aliphatic rings. The van der Waals surface area contributed by atoms with Crippen molar-refractivity contribution >= 4 is 17.4 Å². The molecular weight excluding hydrogens is 240 g/mol. The lowest BCUT2D eigenvalue weighted by molar-refractivity contribution is 0.505. The molecule has 0 bridgehead atoms. The molecule has 0 saturated carbocycles. The van der Waals surface area contributed by atoms with Crippen LogP contribution in [-0.4, -0.2) is 18.8 Å². The zero-order chi connectivity index (χ0) is 13.7. The first-order valence-corrected chi connectivity index (χ1v) is 7.40. The highest BCUT2D eigenvalue weighted by Gasteiger charge is 2.18. The molecule has 0 aromatic heterocycles. The van der Waals surface area contributed by atoms with Crippen LogP contribution in [0.4, 0.5) is 5.69 Å². The second kappa shape index (κ2) is 6.70. The molecule has 0 aliphatic carbocycles. The van der Waals surface area contributed by atoms with Crippen LogP contribution in [-0.2, 0) is 0 Å². The average Bonchev–Trinajstić information content (AvgIpc) is 2.37. The maximum Gasteiger partial charge on any atom is 0.103 e. The number of nitrogens with zero attached hydrogens (tertiary/aromatic N) is 2. The summed E-state index contributed by atoms with van der Waals surface area (Å²) in [6.07, 6.45) is 0. The van der Waals surface area contributed by atoms with Gasteiger partial charge in [-0.2, -0.15) is 5.26 Å². The average molecular weight is 262 g/mol. The highest BCUT2D eigenvalue weighted by Crippen LogP contribution is 2.31. The van der Waals surface area contributed by atoms with E-state index in [-0.39, 0.29) is 0 Å². The quantitative estimate of drug-likeness (QED) is 0.746. The Morgan fingerprint density at radius 3 is 2.50 bits per heavy atom. The Labute approximate surface area is 115 Å². The van der Waals surface area contributed by atoms with Crippen molar-refractivity contribution in [3.05, 3.63) is 23.8 Å². The van der Waals surface area contributed by atoms with Crippen molar-refractivity contribution in [1.29, 1.82) is 5.26 Å². The van der Waals surface area contributed by atoms with E-state index in [1.165, 1.54) is 0 Å². The number of rotatable bonds is 5. The molecule has 1 unspecified atom stereocenters. The van der Waals surface area contributed by atoms with Crippen molar-refractivity contribution in [2.24, 2.45) is 5.92 Å². The summed E-state index contributed by atoms with van der Waals surface area (Å²) in [7, 11) is 2.07. The number of benzene rings is 1. The zero-order valence-electron chi connectivity index (χ0n) is 11.9. The molecule has 0 heterocycles. The van der Waals surface area contributed by atoms with Gasteiger partial charge in [-0.25, -0.2) is 0 Å². The van der Waals surface area contributed by atoms with E-state index >= 15 is 0 Å². The molecule has 0 aliphatic heterocycles. The predicted molar refractivity (Wildman–Crippen MR) is 80.3 cm³/mol. The van der Waals surface area contributed by atoms with Gasteiger partial charge in [0, 0.05) is 18.0 Å². The monoisotopic (exact) mass is 262 g/mol. The third-order valence-corrected chi connectivity index (χ3v) is 4.31. The smallest absolute Gasteiger partial charge is 0.103 e. The fourth-order valence-electron chi connectivity index (χ4n) is 1.87. The van der Waals surface area contributed by atoms with E-state index in [1.54, 1.807) is 11.8 Å². The fourth-order valence-corrected chi connectivity index (χ4v) is 2.65. The summed E-state index contributed by atoms with van der Waals surface area (Å²) < 4.78 is 0. The molecule has 0 N–H and O–H groups in total. The summed E-state index contributed by atoms with van der Waals surface area (Å²) in [4.78, 5) is 3.29. The topological polar surface area (TPSA) is 27.0 Å². The highest BCUT2D eigenvalue weighted by atomic mass is 32.2. The maximum absolute atomic E-state index is 9.41. The van der Waals surface area contributed by atoms with E-state index in [1.807, 2.05) is 18.2 Å². The third kappa shape index (κ3) is 3.20. The van der Waals surface area contributed by atoms with Crippen molar-refractivity contribution in [3.8, 4) is 6.07 Å². The number of hydrogen-bond acceptors (Lipinski definition) is 3. The summed E-state index contributed by atoms with van der Waals surface area (Å²) in [6.45, 7) is 8.72. The van der Waals surface area contributed by atoms with Crippen LogP contribution >= 0.6 is 11.8 Å². The summed E-state index contributed by atoms with van der Waals surface area (Å²) in [5.41, 5.74) is 1.84. The first-order valence-electron chi connectivity index (χ1n) is 6.41. The van der Waals surface area contributed by atoms with Crippen LogP contribution in [0.2, 0.25) is 0 Å². The minimum atomic E-state index is 0.416. The van der Waals surface area contributed by atoms with Crippen molar-refractivity contribution in [3.63, 3.8) is 0 Å². The van der Waals surface area contributed by atoms with E-state index < -0.39 is 0 Å². The number of nitriles is 1. The highest BCUT2D eigenvalue weighted by molar-refractivity contribution is 7.99. The van der Waals surface area contributed by atoms with E-state index in [0.717, 1.165) is 21.9 Å². The van der Waals surface area contributed by atoms with E-state index in [2.05, 4.69) is 45.7 Å². The van der Waals surface area contributed by atoms with Crippen LogP contribution in [0.5, 0.6) is 0 Å². The van der Waals surface area contributed by atoms with Crippen LogP contribution in [0.3, 0.4) is 0 Å². The Hall–Kier alpha value is -1.14. The summed E-state index contributed by atoms with van der Waals surface area (Å²) in [5, 5.41) is 9.41. The van der Waals surface area contributed by atoms with Gasteiger partial charge in [-0.3, -0.25) is 0 Å². The van der Waals surface area contributed by atoms with Crippen LogP contribution in [0.15, 0.2) is 23.1 Å². The summed E-state index contributed by atoms with van der Waals surface area (Å²) >= 11 is 1.73. The molecule has 1 atom stereocenters.